The number of ketones is 1. The van der Waals surface area contributed by atoms with E-state index in [1.165, 1.54) is 12.1 Å². The number of halogens is 1. The Morgan fingerprint density at radius 1 is 1.27 bits per heavy atom. The van der Waals surface area contributed by atoms with Crippen LogP contribution in [0.15, 0.2) is 24.3 Å². The van der Waals surface area contributed by atoms with Crippen LogP contribution in [-0.4, -0.2) is 5.78 Å². The number of benzene rings is 1. The van der Waals surface area contributed by atoms with Crippen molar-refractivity contribution < 1.29 is 9.18 Å². The first-order valence-electron chi connectivity index (χ1n) is 5.44. The molecule has 0 spiro atoms. The molecule has 1 aliphatic carbocycles. The Labute approximate surface area is 89.3 Å². The van der Waals surface area contributed by atoms with Crippen LogP contribution in [0.4, 0.5) is 4.39 Å². The maximum absolute atomic E-state index is 12.8. The van der Waals surface area contributed by atoms with E-state index in [1.807, 2.05) is 13.8 Å². The van der Waals surface area contributed by atoms with Crippen molar-refractivity contribution in [1.82, 2.24) is 0 Å². The lowest BCUT2D eigenvalue weighted by Crippen LogP contribution is -2.43. The Morgan fingerprint density at radius 2 is 1.87 bits per heavy atom. The second-order valence-electron chi connectivity index (χ2n) is 4.28. The van der Waals surface area contributed by atoms with Crippen molar-refractivity contribution in [3.05, 3.63) is 35.6 Å². The largest absolute Gasteiger partial charge is 0.299 e. The molecule has 0 saturated heterocycles. The van der Waals surface area contributed by atoms with E-state index in [-0.39, 0.29) is 17.7 Å². The lowest BCUT2D eigenvalue weighted by molar-refractivity contribution is -0.137. The van der Waals surface area contributed by atoms with Gasteiger partial charge in [-0.15, -0.1) is 0 Å². The molecule has 0 bridgehead atoms. The Balaban J connectivity index is 2.24. The van der Waals surface area contributed by atoms with Crippen molar-refractivity contribution in [2.45, 2.75) is 26.2 Å². The molecule has 15 heavy (non-hydrogen) atoms. The van der Waals surface area contributed by atoms with E-state index in [4.69, 9.17) is 0 Å². The van der Waals surface area contributed by atoms with Crippen LogP contribution in [0.25, 0.3) is 0 Å². The third-order valence-corrected chi connectivity index (χ3v) is 3.48. The summed E-state index contributed by atoms with van der Waals surface area (Å²) < 4.78 is 12.8. The minimum atomic E-state index is -0.217. The van der Waals surface area contributed by atoms with Crippen molar-refractivity contribution in [3.8, 4) is 0 Å². The molecule has 0 heterocycles. The first-order chi connectivity index (χ1) is 7.15. The van der Waals surface area contributed by atoms with E-state index < -0.39 is 0 Å². The molecule has 1 aromatic rings. The highest BCUT2D eigenvalue weighted by atomic mass is 19.1. The number of carbonyl (C=O) groups excluding carboxylic acids is 1. The molecule has 1 fully saturated rings. The van der Waals surface area contributed by atoms with Gasteiger partial charge in [0.15, 0.2) is 0 Å². The van der Waals surface area contributed by atoms with Gasteiger partial charge < -0.3 is 0 Å². The van der Waals surface area contributed by atoms with Crippen LogP contribution in [0.3, 0.4) is 0 Å². The third-order valence-electron chi connectivity index (χ3n) is 3.48. The number of Topliss-reactive ketones (excluding diaryl/α,β-unsaturated/α-hetero) is 1. The molecule has 0 aromatic heterocycles. The average molecular weight is 206 g/mol. The summed E-state index contributed by atoms with van der Waals surface area (Å²) in [6, 6.07) is 6.53. The molecular weight excluding hydrogens is 191 g/mol. The number of carbonyl (C=O) groups is 1. The zero-order valence-electron chi connectivity index (χ0n) is 9.03. The maximum atomic E-state index is 12.8. The van der Waals surface area contributed by atoms with Gasteiger partial charge in [-0.1, -0.05) is 26.0 Å². The minimum Gasteiger partial charge on any atom is -0.299 e. The molecule has 3 unspecified atom stereocenters. The van der Waals surface area contributed by atoms with Crippen molar-refractivity contribution >= 4 is 5.78 Å². The Hall–Kier alpha value is -1.18. The summed E-state index contributed by atoms with van der Waals surface area (Å²) in [5.41, 5.74) is 1.09. The molecule has 0 N–H and O–H groups in total. The van der Waals surface area contributed by atoms with Gasteiger partial charge in [0, 0.05) is 17.8 Å². The Kier molecular flexibility index (Phi) is 2.59. The van der Waals surface area contributed by atoms with Gasteiger partial charge in [0.2, 0.25) is 0 Å². The predicted octanol–water partition coefficient (Wildman–Crippen LogP) is 3.15. The third kappa shape index (κ3) is 1.58. The SMILES string of the molecule is CCC1C(=O)C(C)C1c1ccc(F)cc1. The lowest BCUT2D eigenvalue weighted by Gasteiger charge is -2.41. The molecule has 1 saturated carbocycles. The second kappa shape index (κ2) is 3.76. The highest BCUT2D eigenvalue weighted by Crippen LogP contribution is 2.45. The maximum Gasteiger partial charge on any atom is 0.140 e. The van der Waals surface area contributed by atoms with Gasteiger partial charge in [0.25, 0.3) is 0 Å². The molecule has 80 valence electrons. The first-order valence-corrected chi connectivity index (χ1v) is 5.44. The van der Waals surface area contributed by atoms with Crippen molar-refractivity contribution in [1.29, 1.82) is 0 Å². The highest BCUT2D eigenvalue weighted by molar-refractivity contribution is 5.91. The summed E-state index contributed by atoms with van der Waals surface area (Å²) in [5, 5.41) is 0. The molecule has 3 atom stereocenters. The normalized spacial score (nSPS) is 30.1. The fraction of sp³-hybridized carbons (Fsp3) is 0.462. The van der Waals surface area contributed by atoms with Gasteiger partial charge >= 0.3 is 0 Å². The molecule has 0 aliphatic heterocycles. The summed E-state index contributed by atoms with van der Waals surface area (Å²) >= 11 is 0. The molecule has 2 rings (SSSR count). The van der Waals surface area contributed by atoms with Crippen LogP contribution in [0.1, 0.15) is 31.7 Å². The van der Waals surface area contributed by atoms with Crippen molar-refractivity contribution in [2.24, 2.45) is 11.8 Å². The fourth-order valence-corrected chi connectivity index (χ4v) is 2.58. The molecule has 1 nitrogen and oxygen atoms in total. The summed E-state index contributed by atoms with van der Waals surface area (Å²) in [4.78, 5) is 11.6. The highest BCUT2D eigenvalue weighted by Gasteiger charge is 2.45. The molecule has 2 heteroatoms. The molecule has 1 aliphatic rings. The van der Waals surface area contributed by atoms with Crippen molar-refractivity contribution in [3.63, 3.8) is 0 Å². The Bertz CT molecular complexity index is 369. The fourth-order valence-electron chi connectivity index (χ4n) is 2.58. The van der Waals surface area contributed by atoms with Crippen LogP contribution in [0.5, 0.6) is 0 Å². The zero-order chi connectivity index (χ0) is 11.0. The smallest absolute Gasteiger partial charge is 0.140 e. The average Bonchev–Trinajstić information content (AvgIpc) is 2.26. The van der Waals surface area contributed by atoms with E-state index >= 15 is 0 Å². The lowest BCUT2D eigenvalue weighted by atomic mass is 9.61. The monoisotopic (exact) mass is 206 g/mol. The molecule has 0 radical (unpaired) electrons. The van der Waals surface area contributed by atoms with Crippen LogP contribution >= 0.6 is 0 Å². The van der Waals surface area contributed by atoms with E-state index in [0.717, 1.165) is 12.0 Å². The van der Waals surface area contributed by atoms with Gasteiger partial charge in [-0.05, 0) is 24.1 Å². The van der Waals surface area contributed by atoms with E-state index in [1.54, 1.807) is 12.1 Å². The first kappa shape index (κ1) is 10.3. The zero-order valence-corrected chi connectivity index (χ0v) is 9.03. The second-order valence-corrected chi connectivity index (χ2v) is 4.28. The number of hydrogen-bond donors (Lipinski definition) is 0. The molecule has 0 amide bonds. The number of rotatable bonds is 2. The van der Waals surface area contributed by atoms with Crippen LogP contribution in [0.2, 0.25) is 0 Å². The summed E-state index contributed by atoms with van der Waals surface area (Å²) in [5.74, 6) is 0.672. The van der Waals surface area contributed by atoms with Crippen LogP contribution < -0.4 is 0 Å². The summed E-state index contributed by atoms with van der Waals surface area (Å²) in [6.45, 7) is 3.99. The quantitative estimate of drug-likeness (QED) is 0.726. The topological polar surface area (TPSA) is 17.1 Å². The van der Waals surface area contributed by atoms with Gasteiger partial charge in [-0.25, -0.2) is 4.39 Å². The van der Waals surface area contributed by atoms with E-state index in [2.05, 4.69) is 0 Å². The van der Waals surface area contributed by atoms with E-state index in [9.17, 15) is 9.18 Å². The van der Waals surface area contributed by atoms with E-state index in [0.29, 0.717) is 11.7 Å². The summed E-state index contributed by atoms with van der Waals surface area (Å²) in [6.07, 6.45) is 0.880. The minimum absolute atomic E-state index is 0.0976. The number of hydrogen-bond acceptors (Lipinski definition) is 1. The van der Waals surface area contributed by atoms with Gasteiger partial charge in [0.05, 0.1) is 0 Å². The van der Waals surface area contributed by atoms with Crippen LogP contribution in [-0.2, 0) is 4.79 Å². The predicted molar refractivity (Wildman–Crippen MR) is 57.1 cm³/mol. The van der Waals surface area contributed by atoms with Gasteiger partial charge in [-0.3, -0.25) is 4.79 Å². The van der Waals surface area contributed by atoms with Crippen LogP contribution in [0, 0.1) is 17.7 Å². The standard InChI is InChI=1S/C13H15FO/c1-3-11-12(8(2)13(11)15)9-4-6-10(14)7-5-9/h4-8,11-12H,3H2,1-2H3. The van der Waals surface area contributed by atoms with Crippen molar-refractivity contribution in [2.75, 3.05) is 0 Å². The Morgan fingerprint density at radius 3 is 2.40 bits per heavy atom. The van der Waals surface area contributed by atoms with Gasteiger partial charge in [-0.2, -0.15) is 0 Å². The summed E-state index contributed by atoms with van der Waals surface area (Å²) in [7, 11) is 0. The van der Waals surface area contributed by atoms with Gasteiger partial charge in [0.1, 0.15) is 11.6 Å². The molecule has 1 aromatic carbocycles. The molecular formula is C13H15FO.